The summed E-state index contributed by atoms with van der Waals surface area (Å²) in [6.45, 7) is 11.7. The number of benzene rings is 1. The van der Waals surface area contributed by atoms with Crippen LogP contribution in [0.1, 0.15) is 83.6 Å². The third kappa shape index (κ3) is 15.7. The van der Waals surface area contributed by atoms with Crippen LogP contribution in [-0.4, -0.2) is 12.6 Å². The average molecular weight is 359 g/mol. The van der Waals surface area contributed by atoms with Gasteiger partial charge in [0.1, 0.15) is 0 Å². The van der Waals surface area contributed by atoms with Gasteiger partial charge in [-0.2, -0.15) is 0 Å². The molecule has 0 heterocycles. The van der Waals surface area contributed by atoms with Gasteiger partial charge in [0.2, 0.25) is 0 Å². The van der Waals surface area contributed by atoms with E-state index < -0.39 is 0 Å². The number of hydrogen-bond acceptors (Lipinski definition) is 2. The summed E-state index contributed by atoms with van der Waals surface area (Å²) in [5.41, 5.74) is 1.66. The van der Waals surface area contributed by atoms with Crippen molar-refractivity contribution in [3.05, 3.63) is 54.6 Å². The monoisotopic (exact) mass is 358 g/mol. The second-order valence-corrected chi connectivity index (χ2v) is 6.71. The van der Waals surface area contributed by atoms with Gasteiger partial charge < -0.3 is 4.74 Å². The maximum Gasteiger partial charge on any atom is 0.333 e. The summed E-state index contributed by atoms with van der Waals surface area (Å²) >= 11 is 0. The first-order chi connectivity index (χ1) is 12.6. The smallest absolute Gasteiger partial charge is 0.333 e. The van der Waals surface area contributed by atoms with Gasteiger partial charge in [-0.1, -0.05) is 114 Å². The summed E-state index contributed by atoms with van der Waals surface area (Å²) in [6, 6.07) is 10.0. The van der Waals surface area contributed by atoms with Gasteiger partial charge in [0.25, 0.3) is 0 Å². The van der Waals surface area contributed by atoms with Crippen molar-refractivity contribution in [1.82, 2.24) is 0 Å². The Balaban J connectivity index is 0.000000642. The highest BCUT2D eigenvalue weighted by molar-refractivity contribution is 5.86. The summed E-state index contributed by atoms with van der Waals surface area (Å²) in [5.74, 6) is -0.258. The first kappa shape index (κ1) is 24.2. The molecule has 2 heteroatoms. The molecule has 0 aliphatic heterocycles. The largest absolute Gasteiger partial charge is 0.462 e. The van der Waals surface area contributed by atoms with E-state index in [1.165, 1.54) is 63.4 Å². The van der Waals surface area contributed by atoms with Gasteiger partial charge in [-0.25, -0.2) is 4.79 Å². The number of rotatable bonds is 13. The fourth-order valence-corrected chi connectivity index (χ4v) is 2.47. The molecule has 0 aliphatic rings. The number of hydrogen-bond donors (Lipinski definition) is 0. The van der Waals surface area contributed by atoms with Crippen LogP contribution in [0.4, 0.5) is 0 Å². The van der Waals surface area contributed by atoms with Crippen LogP contribution in [-0.2, 0) is 9.53 Å². The normalized spacial score (nSPS) is 9.77. The third-order valence-electron chi connectivity index (χ3n) is 4.11. The van der Waals surface area contributed by atoms with E-state index in [2.05, 4.69) is 20.1 Å². The van der Waals surface area contributed by atoms with Gasteiger partial charge in [-0.3, -0.25) is 0 Å². The van der Waals surface area contributed by atoms with Crippen molar-refractivity contribution in [3.63, 3.8) is 0 Å². The van der Waals surface area contributed by atoms with Crippen molar-refractivity contribution in [1.29, 1.82) is 0 Å². The fraction of sp³-hybridized carbons (Fsp3) is 0.542. The van der Waals surface area contributed by atoms with E-state index >= 15 is 0 Å². The minimum absolute atomic E-state index is 0.258. The predicted octanol–water partition coefficient (Wildman–Crippen LogP) is 7.36. The van der Waals surface area contributed by atoms with E-state index in [1.54, 1.807) is 6.92 Å². The van der Waals surface area contributed by atoms with E-state index in [0.717, 1.165) is 6.42 Å². The van der Waals surface area contributed by atoms with Crippen LogP contribution in [0.25, 0.3) is 6.08 Å². The Morgan fingerprint density at radius 3 is 1.85 bits per heavy atom. The third-order valence-corrected chi connectivity index (χ3v) is 4.11. The Morgan fingerprint density at radius 2 is 1.42 bits per heavy atom. The van der Waals surface area contributed by atoms with Crippen LogP contribution in [0.3, 0.4) is 0 Å². The lowest BCUT2D eigenvalue weighted by Gasteiger charge is -2.04. The molecule has 0 fully saturated rings. The summed E-state index contributed by atoms with van der Waals surface area (Å²) in [7, 11) is 0. The molecule has 0 saturated heterocycles. The maximum atomic E-state index is 11.1. The fourth-order valence-electron chi connectivity index (χ4n) is 2.47. The van der Waals surface area contributed by atoms with Crippen LogP contribution >= 0.6 is 0 Å². The van der Waals surface area contributed by atoms with Crippen molar-refractivity contribution in [2.45, 2.75) is 78.1 Å². The lowest BCUT2D eigenvalue weighted by Crippen LogP contribution is -2.05. The van der Waals surface area contributed by atoms with Crippen molar-refractivity contribution in [2.75, 3.05) is 6.61 Å². The second-order valence-electron chi connectivity index (χ2n) is 6.71. The molecule has 0 aliphatic carbocycles. The van der Waals surface area contributed by atoms with Crippen LogP contribution in [0.2, 0.25) is 0 Å². The Morgan fingerprint density at radius 1 is 0.923 bits per heavy atom. The number of carbonyl (C=O) groups excluding carboxylic acids is 1. The first-order valence-corrected chi connectivity index (χ1v) is 10.1. The zero-order valence-corrected chi connectivity index (χ0v) is 17.0. The highest BCUT2D eigenvalue weighted by Crippen LogP contribution is 2.10. The number of unbranched alkanes of at least 4 members (excludes halogenated alkanes) is 9. The highest BCUT2D eigenvalue weighted by Gasteiger charge is 2.01. The molecule has 1 aromatic carbocycles. The second kappa shape index (κ2) is 18.0. The van der Waals surface area contributed by atoms with Gasteiger partial charge in [0.05, 0.1) is 6.61 Å². The van der Waals surface area contributed by atoms with Crippen molar-refractivity contribution < 1.29 is 9.53 Å². The van der Waals surface area contributed by atoms with Crippen LogP contribution in [0.15, 0.2) is 49.1 Å². The molecule has 0 bridgehead atoms. The van der Waals surface area contributed by atoms with E-state index in [-0.39, 0.29) is 5.97 Å². The Labute approximate surface area is 161 Å². The standard InChI is InChI=1S/C16H30O2.C8H8/c1-4-5-6-7-8-9-10-11-12-13-14-18-16(17)15(2)3;1-2-8-6-4-3-5-7-8/h2,4-14H2,1,3H3;2-7H,1H2. The Kier molecular flexibility index (Phi) is 16.7. The van der Waals surface area contributed by atoms with Crippen LogP contribution in [0.5, 0.6) is 0 Å². The van der Waals surface area contributed by atoms with Gasteiger partial charge in [-0.05, 0) is 18.9 Å². The molecule has 0 unspecified atom stereocenters. The van der Waals surface area contributed by atoms with Gasteiger partial charge in [0.15, 0.2) is 0 Å². The summed E-state index contributed by atoms with van der Waals surface area (Å²) < 4.78 is 5.04. The molecule has 2 nitrogen and oxygen atoms in total. The quantitative estimate of drug-likeness (QED) is 0.209. The molecule has 146 valence electrons. The van der Waals surface area contributed by atoms with Crippen LogP contribution in [0, 0.1) is 0 Å². The SMILES string of the molecule is C=C(C)C(=O)OCCCCCCCCCCCC.C=Cc1ccccc1. The van der Waals surface area contributed by atoms with Gasteiger partial charge in [-0.15, -0.1) is 0 Å². The van der Waals surface area contributed by atoms with E-state index in [1.807, 2.05) is 36.4 Å². The lowest BCUT2D eigenvalue weighted by atomic mass is 10.1. The Bertz CT molecular complexity index is 476. The van der Waals surface area contributed by atoms with E-state index in [9.17, 15) is 4.79 Å². The van der Waals surface area contributed by atoms with E-state index in [0.29, 0.717) is 12.2 Å². The molecule has 0 aromatic heterocycles. The average Bonchev–Trinajstić information content (AvgIpc) is 2.67. The lowest BCUT2D eigenvalue weighted by molar-refractivity contribution is -0.139. The molecule has 0 saturated carbocycles. The van der Waals surface area contributed by atoms with Crippen molar-refractivity contribution in [2.24, 2.45) is 0 Å². The van der Waals surface area contributed by atoms with Crippen molar-refractivity contribution >= 4 is 12.0 Å². The van der Waals surface area contributed by atoms with Gasteiger partial charge >= 0.3 is 5.97 Å². The number of ether oxygens (including phenoxy) is 1. The molecule has 0 radical (unpaired) electrons. The molecule has 1 rings (SSSR count). The molecule has 1 aromatic rings. The highest BCUT2D eigenvalue weighted by atomic mass is 16.5. The molecule has 0 atom stereocenters. The summed E-state index contributed by atoms with van der Waals surface area (Å²) in [4.78, 5) is 11.1. The molecule has 0 spiro atoms. The zero-order valence-electron chi connectivity index (χ0n) is 17.0. The number of esters is 1. The molecule has 0 amide bonds. The summed E-state index contributed by atoms with van der Waals surface area (Å²) in [5, 5.41) is 0. The molecular weight excluding hydrogens is 320 g/mol. The van der Waals surface area contributed by atoms with Crippen molar-refractivity contribution in [3.8, 4) is 0 Å². The van der Waals surface area contributed by atoms with Gasteiger partial charge in [0, 0.05) is 5.57 Å². The zero-order chi connectivity index (χ0) is 19.5. The number of carbonyl (C=O) groups is 1. The molecule has 0 N–H and O–H groups in total. The van der Waals surface area contributed by atoms with E-state index in [4.69, 9.17) is 4.74 Å². The molecular formula is C24H38O2. The van der Waals surface area contributed by atoms with Crippen LogP contribution < -0.4 is 0 Å². The maximum absolute atomic E-state index is 11.1. The Hall–Kier alpha value is -1.83. The topological polar surface area (TPSA) is 26.3 Å². The summed E-state index contributed by atoms with van der Waals surface area (Å²) in [6.07, 6.45) is 14.8. The minimum Gasteiger partial charge on any atom is -0.462 e. The minimum atomic E-state index is -0.258. The first-order valence-electron chi connectivity index (χ1n) is 10.1. The molecule has 26 heavy (non-hydrogen) atoms. The predicted molar refractivity (Wildman–Crippen MR) is 114 cm³/mol.